The average molecular weight is 213 g/mol. The third kappa shape index (κ3) is 2.68. The van der Waals surface area contributed by atoms with Gasteiger partial charge in [-0.15, -0.1) is 0 Å². The van der Waals surface area contributed by atoms with E-state index in [1.54, 1.807) is 4.90 Å². The highest BCUT2D eigenvalue weighted by atomic mass is 16.2. The van der Waals surface area contributed by atoms with Crippen molar-refractivity contribution in [3.63, 3.8) is 0 Å². The number of carbonyl (C=O) groups is 2. The molecule has 1 unspecified atom stereocenters. The van der Waals surface area contributed by atoms with Gasteiger partial charge in [-0.05, 0) is 20.8 Å². The number of rotatable bonds is 3. The number of carbonyl (C=O) groups excluding carboxylic acids is 2. The Bertz CT molecular complexity index is 263. The lowest BCUT2D eigenvalue weighted by Crippen LogP contribution is -2.57. The lowest BCUT2D eigenvalue weighted by Gasteiger charge is -2.36. The highest BCUT2D eigenvalue weighted by molar-refractivity contribution is 6.35. The first kappa shape index (κ1) is 12.0. The minimum absolute atomic E-state index is 0.0823. The topological polar surface area (TPSA) is 66.6 Å². The van der Waals surface area contributed by atoms with Crippen LogP contribution in [0.5, 0.6) is 0 Å². The summed E-state index contributed by atoms with van der Waals surface area (Å²) in [6.45, 7) is 7.29. The Kier molecular flexibility index (Phi) is 3.68. The van der Waals surface area contributed by atoms with E-state index in [1.165, 1.54) is 4.90 Å². The van der Waals surface area contributed by atoms with Gasteiger partial charge in [0.15, 0.2) is 0 Å². The van der Waals surface area contributed by atoms with Crippen molar-refractivity contribution in [3.8, 4) is 0 Å². The van der Waals surface area contributed by atoms with Gasteiger partial charge in [0.05, 0.1) is 0 Å². The van der Waals surface area contributed by atoms with E-state index in [4.69, 9.17) is 5.73 Å². The molecule has 2 N–H and O–H groups in total. The molecule has 0 aromatic carbocycles. The van der Waals surface area contributed by atoms with Crippen LogP contribution in [0.4, 0.5) is 0 Å². The van der Waals surface area contributed by atoms with E-state index < -0.39 is 11.8 Å². The fraction of sp³-hybridized carbons (Fsp3) is 0.800. The molecule has 0 aromatic heterocycles. The summed E-state index contributed by atoms with van der Waals surface area (Å²) in [7, 11) is 0. The van der Waals surface area contributed by atoms with Crippen LogP contribution in [0, 0.1) is 0 Å². The highest BCUT2D eigenvalue weighted by Gasteiger charge is 2.33. The molecule has 1 aliphatic rings. The van der Waals surface area contributed by atoms with Crippen LogP contribution < -0.4 is 5.73 Å². The van der Waals surface area contributed by atoms with Crippen LogP contribution in [0.3, 0.4) is 0 Å². The monoisotopic (exact) mass is 213 g/mol. The smallest absolute Gasteiger partial charge is 0.312 e. The van der Waals surface area contributed by atoms with Gasteiger partial charge < -0.3 is 15.5 Å². The Morgan fingerprint density at radius 2 is 1.80 bits per heavy atom. The molecule has 1 rings (SSSR count). The second-order valence-electron chi connectivity index (χ2n) is 4.32. The number of hydrogen-bond donors (Lipinski definition) is 1. The number of piperazine rings is 1. The van der Waals surface area contributed by atoms with E-state index in [1.807, 2.05) is 20.8 Å². The first-order valence-electron chi connectivity index (χ1n) is 5.29. The summed E-state index contributed by atoms with van der Waals surface area (Å²) in [5.74, 6) is -0.829. The van der Waals surface area contributed by atoms with Crippen LogP contribution in [-0.2, 0) is 9.59 Å². The van der Waals surface area contributed by atoms with Crippen molar-refractivity contribution in [1.82, 2.24) is 9.80 Å². The third-order valence-corrected chi connectivity index (χ3v) is 2.47. The van der Waals surface area contributed by atoms with Gasteiger partial charge in [-0.3, -0.25) is 9.59 Å². The first-order chi connectivity index (χ1) is 6.93. The molecule has 1 heterocycles. The molecule has 1 fully saturated rings. The molecular weight excluding hydrogens is 194 g/mol. The van der Waals surface area contributed by atoms with E-state index in [0.717, 1.165) is 0 Å². The van der Waals surface area contributed by atoms with Crippen LogP contribution in [0.1, 0.15) is 20.8 Å². The van der Waals surface area contributed by atoms with Crippen LogP contribution in [0.2, 0.25) is 0 Å². The minimum Gasteiger partial charge on any atom is -0.331 e. The van der Waals surface area contributed by atoms with E-state index in [-0.39, 0.29) is 12.1 Å². The summed E-state index contributed by atoms with van der Waals surface area (Å²) in [6.07, 6.45) is 0. The summed E-state index contributed by atoms with van der Waals surface area (Å²) in [4.78, 5) is 26.4. The predicted molar refractivity (Wildman–Crippen MR) is 57.1 cm³/mol. The Balaban J connectivity index is 2.65. The highest BCUT2D eigenvalue weighted by Crippen LogP contribution is 2.08. The van der Waals surface area contributed by atoms with Crippen LogP contribution in [0.15, 0.2) is 0 Å². The maximum absolute atomic E-state index is 11.7. The number of nitrogens with zero attached hydrogens (tertiary/aromatic N) is 2. The summed E-state index contributed by atoms with van der Waals surface area (Å²) < 4.78 is 0. The van der Waals surface area contributed by atoms with Crippen molar-refractivity contribution in [1.29, 1.82) is 0 Å². The van der Waals surface area contributed by atoms with Crippen LogP contribution in [0.25, 0.3) is 0 Å². The number of amides is 2. The van der Waals surface area contributed by atoms with E-state index in [2.05, 4.69) is 0 Å². The second kappa shape index (κ2) is 4.61. The fourth-order valence-corrected chi connectivity index (χ4v) is 1.70. The second-order valence-corrected chi connectivity index (χ2v) is 4.32. The number of hydrogen-bond acceptors (Lipinski definition) is 3. The minimum atomic E-state index is -0.424. The lowest BCUT2D eigenvalue weighted by atomic mass is 10.2. The third-order valence-electron chi connectivity index (χ3n) is 2.47. The largest absolute Gasteiger partial charge is 0.331 e. The molecule has 0 aliphatic carbocycles. The van der Waals surface area contributed by atoms with Crippen molar-refractivity contribution in [2.45, 2.75) is 32.9 Å². The summed E-state index contributed by atoms with van der Waals surface area (Å²) in [5, 5.41) is 0. The van der Waals surface area contributed by atoms with Crippen molar-refractivity contribution >= 4 is 11.8 Å². The SMILES string of the molecule is CC(N)CN1CCN(C(C)C)C(=O)C1=O. The standard InChI is InChI=1S/C10H19N3O2/c1-7(2)13-5-4-12(6-8(3)11)9(14)10(13)15/h7-8H,4-6,11H2,1-3H3. The van der Waals surface area contributed by atoms with Crippen molar-refractivity contribution in [3.05, 3.63) is 0 Å². The van der Waals surface area contributed by atoms with Gasteiger partial charge in [-0.25, -0.2) is 0 Å². The van der Waals surface area contributed by atoms with Gasteiger partial charge in [0.1, 0.15) is 0 Å². The molecule has 15 heavy (non-hydrogen) atoms. The molecule has 0 radical (unpaired) electrons. The molecule has 5 nitrogen and oxygen atoms in total. The molecule has 0 saturated carbocycles. The van der Waals surface area contributed by atoms with Crippen LogP contribution >= 0.6 is 0 Å². The Hall–Kier alpha value is -1.10. The molecule has 0 bridgehead atoms. The Morgan fingerprint density at radius 3 is 2.27 bits per heavy atom. The molecule has 1 aliphatic heterocycles. The van der Waals surface area contributed by atoms with Crippen LogP contribution in [-0.4, -0.2) is 53.3 Å². The predicted octanol–water partition coefficient (Wildman–Crippen LogP) is -0.587. The quantitative estimate of drug-likeness (QED) is 0.637. The Labute approximate surface area is 90.2 Å². The van der Waals surface area contributed by atoms with Crippen molar-refractivity contribution in [2.75, 3.05) is 19.6 Å². The zero-order valence-electron chi connectivity index (χ0n) is 9.56. The van der Waals surface area contributed by atoms with Gasteiger partial charge in [0.2, 0.25) is 0 Å². The normalized spacial score (nSPS) is 20.1. The molecule has 0 spiro atoms. The zero-order chi connectivity index (χ0) is 11.6. The van der Waals surface area contributed by atoms with Gasteiger partial charge in [-0.2, -0.15) is 0 Å². The van der Waals surface area contributed by atoms with E-state index in [0.29, 0.717) is 19.6 Å². The Morgan fingerprint density at radius 1 is 1.20 bits per heavy atom. The molecule has 1 saturated heterocycles. The van der Waals surface area contributed by atoms with Gasteiger partial charge in [0, 0.05) is 31.7 Å². The van der Waals surface area contributed by atoms with Crippen molar-refractivity contribution in [2.24, 2.45) is 5.73 Å². The summed E-state index contributed by atoms with van der Waals surface area (Å²) >= 11 is 0. The zero-order valence-corrected chi connectivity index (χ0v) is 9.56. The lowest BCUT2D eigenvalue weighted by molar-refractivity contribution is -0.157. The molecule has 0 aromatic rings. The summed E-state index contributed by atoms with van der Waals surface area (Å²) in [5.41, 5.74) is 5.61. The molecule has 1 atom stereocenters. The van der Waals surface area contributed by atoms with Crippen molar-refractivity contribution < 1.29 is 9.59 Å². The summed E-state index contributed by atoms with van der Waals surface area (Å²) in [6, 6.07) is -0.00810. The number of nitrogens with two attached hydrogens (primary N) is 1. The van der Waals surface area contributed by atoms with Gasteiger partial charge >= 0.3 is 11.8 Å². The molecular formula is C10H19N3O2. The average Bonchev–Trinajstić information content (AvgIpc) is 2.12. The molecule has 86 valence electrons. The molecule has 2 amide bonds. The molecule has 5 heteroatoms. The van der Waals surface area contributed by atoms with E-state index in [9.17, 15) is 9.59 Å². The van der Waals surface area contributed by atoms with Gasteiger partial charge in [0.25, 0.3) is 0 Å². The maximum Gasteiger partial charge on any atom is 0.312 e. The fourth-order valence-electron chi connectivity index (χ4n) is 1.70. The van der Waals surface area contributed by atoms with E-state index >= 15 is 0 Å². The maximum atomic E-state index is 11.7. The van der Waals surface area contributed by atoms with Gasteiger partial charge in [-0.1, -0.05) is 0 Å². The first-order valence-corrected chi connectivity index (χ1v) is 5.29.